The molecule has 3 aromatic rings. The summed E-state index contributed by atoms with van der Waals surface area (Å²) in [6.45, 7) is 5.13. The molecule has 2 nitrogen and oxygen atoms in total. The molecule has 4 rings (SSSR count). The molecule has 0 spiro atoms. The second-order valence-corrected chi connectivity index (χ2v) is 8.22. The molecule has 168 valence electrons. The maximum Gasteiger partial charge on any atom is 0.183 e. The van der Waals surface area contributed by atoms with E-state index in [9.17, 15) is 13.2 Å². The third-order valence-corrected chi connectivity index (χ3v) is 5.98. The van der Waals surface area contributed by atoms with Gasteiger partial charge < -0.3 is 9.47 Å². The van der Waals surface area contributed by atoms with Crippen LogP contribution in [0.2, 0.25) is 0 Å². The van der Waals surface area contributed by atoms with E-state index in [0.717, 1.165) is 12.8 Å². The minimum absolute atomic E-state index is 0.190. The SMILES string of the molecule is CCCC1COC(c2ccc(-c3ccc(-c4ccc(CC)c(F)c4F)cc3)c(F)c2)OC1. The highest BCUT2D eigenvalue weighted by Crippen LogP contribution is 2.33. The number of hydrogen-bond acceptors (Lipinski definition) is 2. The quantitative estimate of drug-likeness (QED) is 0.396. The predicted octanol–water partition coefficient (Wildman–Crippen LogP) is 7.46. The fraction of sp³-hybridized carbons (Fsp3) is 0.333. The van der Waals surface area contributed by atoms with Gasteiger partial charge in [-0.15, -0.1) is 0 Å². The first-order valence-electron chi connectivity index (χ1n) is 11.1. The molecule has 3 aromatic carbocycles. The average molecular weight is 441 g/mol. The lowest BCUT2D eigenvalue weighted by molar-refractivity contribution is -0.206. The van der Waals surface area contributed by atoms with Crippen molar-refractivity contribution >= 4 is 0 Å². The fourth-order valence-electron chi connectivity index (χ4n) is 4.14. The van der Waals surface area contributed by atoms with Gasteiger partial charge in [-0.25, -0.2) is 13.2 Å². The standard InChI is InChI=1S/C27H27F3O2/c1-3-5-17-15-31-27(32-16-17)21-11-12-22(24(28)14-21)19-6-8-20(9-7-19)23-13-10-18(4-2)25(29)26(23)30/h6-14,17,27H,3-5,15-16H2,1-2H3. The van der Waals surface area contributed by atoms with E-state index in [4.69, 9.17) is 9.47 Å². The van der Waals surface area contributed by atoms with Crippen molar-refractivity contribution in [3.8, 4) is 22.3 Å². The first kappa shape index (κ1) is 22.6. The number of ether oxygens (including phenoxy) is 2. The Morgan fingerprint density at radius 3 is 2.00 bits per heavy atom. The molecular formula is C27H27F3O2. The molecule has 1 fully saturated rings. The Kier molecular flexibility index (Phi) is 6.97. The van der Waals surface area contributed by atoms with Gasteiger partial charge in [0.2, 0.25) is 0 Å². The van der Waals surface area contributed by atoms with E-state index in [0.29, 0.717) is 53.4 Å². The highest BCUT2D eigenvalue weighted by atomic mass is 19.2. The Morgan fingerprint density at radius 1 is 0.781 bits per heavy atom. The Labute approximate surface area is 187 Å². The van der Waals surface area contributed by atoms with Crippen LogP contribution in [0, 0.1) is 23.4 Å². The molecule has 5 heteroatoms. The summed E-state index contributed by atoms with van der Waals surface area (Å²) in [4.78, 5) is 0. The Hall–Kier alpha value is -2.63. The first-order chi connectivity index (χ1) is 15.5. The number of rotatable bonds is 6. The average Bonchev–Trinajstić information content (AvgIpc) is 2.82. The van der Waals surface area contributed by atoms with E-state index < -0.39 is 17.9 Å². The highest BCUT2D eigenvalue weighted by Gasteiger charge is 2.24. The van der Waals surface area contributed by atoms with Crippen LogP contribution in [0.15, 0.2) is 54.6 Å². The van der Waals surface area contributed by atoms with Gasteiger partial charge in [-0.05, 0) is 35.6 Å². The summed E-state index contributed by atoms with van der Waals surface area (Å²) in [7, 11) is 0. The van der Waals surface area contributed by atoms with Crippen LogP contribution < -0.4 is 0 Å². The minimum atomic E-state index is -0.860. The molecule has 0 atom stereocenters. The first-order valence-corrected chi connectivity index (χ1v) is 11.1. The highest BCUT2D eigenvalue weighted by molar-refractivity contribution is 5.71. The maximum atomic E-state index is 14.9. The number of benzene rings is 3. The predicted molar refractivity (Wildman–Crippen MR) is 120 cm³/mol. The zero-order chi connectivity index (χ0) is 22.7. The van der Waals surface area contributed by atoms with Crippen molar-refractivity contribution in [1.29, 1.82) is 0 Å². The topological polar surface area (TPSA) is 18.5 Å². The number of hydrogen-bond donors (Lipinski definition) is 0. The van der Waals surface area contributed by atoms with Crippen molar-refractivity contribution in [2.75, 3.05) is 13.2 Å². The van der Waals surface area contributed by atoms with Gasteiger partial charge in [0.1, 0.15) is 5.82 Å². The largest absolute Gasteiger partial charge is 0.348 e. The lowest BCUT2D eigenvalue weighted by Crippen LogP contribution is -2.27. The van der Waals surface area contributed by atoms with Crippen LogP contribution in [-0.2, 0) is 15.9 Å². The Balaban J connectivity index is 1.52. The van der Waals surface area contributed by atoms with E-state index >= 15 is 0 Å². The molecule has 0 saturated carbocycles. The van der Waals surface area contributed by atoms with E-state index in [-0.39, 0.29) is 11.4 Å². The van der Waals surface area contributed by atoms with Gasteiger partial charge in [0, 0.05) is 22.6 Å². The van der Waals surface area contributed by atoms with Crippen molar-refractivity contribution in [3.63, 3.8) is 0 Å². The van der Waals surface area contributed by atoms with Crippen LogP contribution in [0.25, 0.3) is 22.3 Å². The Morgan fingerprint density at radius 2 is 1.41 bits per heavy atom. The summed E-state index contributed by atoms with van der Waals surface area (Å²) in [5.74, 6) is -1.68. The van der Waals surface area contributed by atoms with Crippen molar-refractivity contribution in [3.05, 3.63) is 83.2 Å². The van der Waals surface area contributed by atoms with Crippen molar-refractivity contribution in [1.82, 2.24) is 0 Å². The van der Waals surface area contributed by atoms with E-state index in [1.807, 2.05) is 0 Å². The Bertz CT molecular complexity index is 1070. The van der Waals surface area contributed by atoms with E-state index in [1.54, 1.807) is 55.5 Å². The van der Waals surface area contributed by atoms with Crippen LogP contribution in [0.5, 0.6) is 0 Å². The summed E-state index contributed by atoms with van der Waals surface area (Å²) in [6.07, 6.45) is 2.00. The molecule has 1 saturated heterocycles. The van der Waals surface area contributed by atoms with Gasteiger partial charge in [0.25, 0.3) is 0 Å². The van der Waals surface area contributed by atoms with Gasteiger partial charge in [0.15, 0.2) is 17.9 Å². The van der Waals surface area contributed by atoms with Crippen LogP contribution in [0.1, 0.15) is 44.1 Å². The summed E-state index contributed by atoms with van der Waals surface area (Å²) >= 11 is 0. The van der Waals surface area contributed by atoms with Gasteiger partial charge >= 0.3 is 0 Å². The van der Waals surface area contributed by atoms with Crippen LogP contribution >= 0.6 is 0 Å². The molecule has 1 heterocycles. The molecule has 0 bridgehead atoms. The monoisotopic (exact) mass is 440 g/mol. The molecule has 0 aromatic heterocycles. The third-order valence-electron chi connectivity index (χ3n) is 5.98. The third kappa shape index (κ3) is 4.59. The molecular weight excluding hydrogens is 413 g/mol. The molecule has 0 radical (unpaired) electrons. The molecule has 0 aliphatic carbocycles. The smallest absolute Gasteiger partial charge is 0.183 e. The van der Waals surface area contributed by atoms with Crippen molar-refractivity contribution < 1.29 is 22.6 Å². The van der Waals surface area contributed by atoms with Gasteiger partial charge in [-0.3, -0.25) is 0 Å². The molecule has 0 N–H and O–H groups in total. The molecule has 0 amide bonds. The van der Waals surface area contributed by atoms with Crippen LogP contribution in [0.3, 0.4) is 0 Å². The summed E-state index contributed by atoms with van der Waals surface area (Å²) in [6, 6.07) is 14.9. The lowest BCUT2D eigenvalue weighted by atomic mass is 9.97. The fourth-order valence-corrected chi connectivity index (χ4v) is 4.14. The zero-order valence-corrected chi connectivity index (χ0v) is 18.3. The van der Waals surface area contributed by atoms with Gasteiger partial charge in [-0.2, -0.15) is 0 Å². The minimum Gasteiger partial charge on any atom is -0.348 e. The molecule has 0 unspecified atom stereocenters. The van der Waals surface area contributed by atoms with Crippen LogP contribution in [0.4, 0.5) is 13.2 Å². The normalized spacial score (nSPS) is 18.7. The summed E-state index contributed by atoms with van der Waals surface area (Å²) in [5.41, 5.74) is 2.79. The molecule has 32 heavy (non-hydrogen) atoms. The van der Waals surface area contributed by atoms with Crippen molar-refractivity contribution in [2.24, 2.45) is 5.92 Å². The molecule has 1 aliphatic heterocycles. The maximum absolute atomic E-state index is 14.9. The molecule has 1 aliphatic rings. The van der Waals surface area contributed by atoms with Gasteiger partial charge in [0.05, 0.1) is 13.2 Å². The summed E-state index contributed by atoms with van der Waals surface area (Å²) in [5, 5.41) is 0. The van der Waals surface area contributed by atoms with Crippen LogP contribution in [-0.4, -0.2) is 13.2 Å². The number of halogens is 3. The summed E-state index contributed by atoms with van der Waals surface area (Å²) < 4.78 is 55.0. The second-order valence-electron chi connectivity index (χ2n) is 8.22. The van der Waals surface area contributed by atoms with E-state index in [2.05, 4.69) is 6.92 Å². The van der Waals surface area contributed by atoms with Crippen molar-refractivity contribution in [2.45, 2.75) is 39.4 Å². The lowest BCUT2D eigenvalue weighted by Gasteiger charge is -2.29. The van der Waals surface area contributed by atoms with Gasteiger partial charge in [-0.1, -0.05) is 68.8 Å². The van der Waals surface area contributed by atoms with E-state index in [1.165, 1.54) is 6.07 Å². The zero-order valence-electron chi connectivity index (χ0n) is 18.3. The number of aryl methyl sites for hydroxylation is 1. The second kappa shape index (κ2) is 9.88.